The Bertz CT molecular complexity index is 493. The van der Waals surface area contributed by atoms with Crippen LogP contribution < -0.4 is 5.32 Å². The summed E-state index contributed by atoms with van der Waals surface area (Å²) in [5.41, 5.74) is 0.870. The Labute approximate surface area is 94.6 Å². The molecule has 5 heteroatoms. The molecule has 1 aliphatic heterocycles. The fourth-order valence-electron chi connectivity index (χ4n) is 2.01. The Morgan fingerprint density at radius 3 is 2.69 bits per heavy atom. The second kappa shape index (κ2) is 4.14. The Kier molecular flexibility index (Phi) is 2.99. The Hall–Kier alpha value is -0.940. The number of rotatable bonds is 2. The predicted octanol–water partition coefficient (Wildman–Crippen LogP) is 1.31. The van der Waals surface area contributed by atoms with Crippen molar-refractivity contribution in [1.82, 2.24) is 5.32 Å². The van der Waals surface area contributed by atoms with Crippen LogP contribution in [0.15, 0.2) is 23.1 Å². The van der Waals surface area contributed by atoms with E-state index in [0.717, 1.165) is 31.3 Å². The van der Waals surface area contributed by atoms with E-state index in [-0.39, 0.29) is 4.90 Å². The first-order valence-electron chi connectivity index (χ1n) is 5.19. The summed E-state index contributed by atoms with van der Waals surface area (Å²) >= 11 is 0. The Morgan fingerprint density at radius 1 is 1.44 bits per heavy atom. The molecular weight excluding hydrogens is 229 g/mol. The minimum absolute atomic E-state index is 0.220. The van der Waals surface area contributed by atoms with Crippen LogP contribution in [0.2, 0.25) is 0 Å². The minimum Gasteiger partial charge on any atom is -0.316 e. The van der Waals surface area contributed by atoms with Gasteiger partial charge in [0, 0.05) is 12.8 Å². The minimum atomic E-state index is -3.46. The lowest BCUT2D eigenvalue weighted by molar-refractivity contribution is 0.567. The van der Waals surface area contributed by atoms with Crippen molar-refractivity contribution in [3.63, 3.8) is 0 Å². The average Bonchev–Trinajstić information content (AvgIpc) is 2.68. The van der Waals surface area contributed by atoms with Crippen LogP contribution in [-0.2, 0) is 9.84 Å². The molecule has 1 atom stereocenters. The lowest BCUT2D eigenvalue weighted by atomic mass is 9.98. The van der Waals surface area contributed by atoms with Crippen molar-refractivity contribution in [3.05, 3.63) is 29.6 Å². The van der Waals surface area contributed by atoms with Crippen molar-refractivity contribution >= 4 is 9.84 Å². The van der Waals surface area contributed by atoms with Gasteiger partial charge in [-0.05, 0) is 36.6 Å². The first kappa shape index (κ1) is 11.5. The maximum atomic E-state index is 13.6. The Morgan fingerprint density at radius 2 is 2.19 bits per heavy atom. The molecule has 0 bridgehead atoms. The van der Waals surface area contributed by atoms with Gasteiger partial charge in [0.1, 0.15) is 10.7 Å². The van der Waals surface area contributed by atoms with Crippen molar-refractivity contribution in [3.8, 4) is 0 Å². The molecule has 16 heavy (non-hydrogen) atoms. The fourth-order valence-corrected chi connectivity index (χ4v) is 2.74. The summed E-state index contributed by atoms with van der Waals surface area (Å²) in [7, 11) is -3.46. The largest absolute Gasteiger partial charge is 0.316 e. The highest BCUT2D eigenvalue weighted by atomic mass is 32.2. The van der Waals surface area contributed by atoms with Crippen LogP contribution in [0.1, 0.15) is 17.9 Å². The van der Waals surface area contributed by atoms with E-state index in [1.54, 1.807) is 6.07 Å². The van der Waals surface area contributed by atoms with Crippen molar-refractivity contribution in [1.29, 1.82) is 0 Å². The quantitative estimate of drug-likeness (QED) is 0.851. The second-order valence-electron chi connectivity index (χ2n) is 4.15. The number of hydrogen-bond donors (Lipinski definition) is 1. The van der Waals surface area contributed by atoms with Crippen LogP contribution in [0, 0.1) is 5.82 Å². The molecule has 0 aromatic heterocycles. The van der Waals surface area contributed by atoms with Crippen LogP contribution in [0.3, 0.4) is 0 Å². The van der Waals surface area contributed by atoms with Gasteiger partial charge in [0.15, 0.2) is 9.84 Å². The van der Waals surface area contributed by atoms with Gasteiger partial charge in [-0.1, -0.05) is 6.07 Å². The monoisotopic (exact) mass is 243 g/mol. The molecule has 3 nitrogen and oxygen atoms in total. The van der Waals surface area contributed by atoms with Crippen LogP contribution in [0.5, 0.6) is 0 Å². The third-order valence-corrected chi connectivity index (χ3v) is 4.02. The van der Waals surface area contributed by atoms with E-state index in [1.807, 2.05) is 0 Å². The van der Waals surface area contributed by atoms with E-state index >= 15 is 0 Å². The highest BCUT2D eigenvalue weighted by molar-refractivity contribution is 7.90. The number of hydrogen-bond acceptors (Lipinski definition) is 3. The van der Waals surface area contributed by atoms with Gasteiger partial charge in [-0.25, -0.2) is 12.8 Å². The molecule has 0 spiro atoms. The summed E-state index contributed by atoms with van der Waals surface area (Å²) in [5, 5.41) is 3.19. The first-order chi connectivity index (χ1) is 7.48. The molecule has 0 saturated carbocycles. The molecule has 1 fully saturated rings. The molecule has 2 rings (SSSR count). The highest BCUT2D eigenvalue weighted by Gasteiger charge is 2.20. The van der Waals surface area contributed by atoms with Crippen LogP contribution in [-0.4, -0.2) is 27.8 Å². The SMILES string of the molecule is CS(=O)(=O)c1ccc(C2CCNC2)cc1F. The number of benzene rings is 1. The molecule has 1 heterocycles. The van der Waals surface area contributed by atoms with Crippen LogP contribution in [0.4, 0.5) is 4.39 Å². The standard InChI is InChI=1S/C11H14FNO2S/c1-16(14,15)11-3-2-8(6-10(11)12)9-4-5-13-7-9/h2-3,6,9,13H,4-5,7H2,1H3. The summed E-state index contributed by atoms with van der Waals surface area (Å²) < 4.78 is 36.1. The normalized spacial score (nSPS) is 21.2. The van der Waals surface area contributed by atoms with Crippen molar-refractivity contribution in [2.45, 2.75) is 17.2 Å². The van der Waals surface area contributed by atoms with Crippen molar-refractivity contribution < 1.29 is 12.8 Å². The van der Waals surface area contributed by atoms with Gasteiger partial charge in [0.25, 0.3) is 0 Å². The van der Waals surface area contributed by atoms with Gasteiger partial charge in [0.2, 0.25) is 0 Å². The highest BCUT2D eigenvalue weighted by Crippen LogP contribution is 2.25. The second-order valence-corrected chi connectivity index (χ2v) is 6.14. The zero-order chi connectivity index (χ0) is 11.8. The molecule has 0 radical (unpaired) electrons. The van der Waals surface area contributed by atoms with Gasteiger partial charge >= 0.3 is 0 Å². The molecule has 1 aliphatic rings. The molecule has 88 valence electrons. The third-order valence-electron chi connectivity index (χ3n) is 2.89. The summed E-state index contributed by atoms with van der Waals surface area (Å²) in [6.45, 7) is 1.76. The fraction of sp³-hybridized carbons (Fsp3) is 0.455. The molecule has 1 aromatic rings. The van der Waals surface area contributed by atoms with E-state index in [4.69, 9.17) is 0 Å². The van der Waals surface area contributed by atoms with E-state index in [0.29, 0.717) is 5.92 Å². The van der Waals surface area contributed by atoms with E-state index < -0.39 is 15.7 Å². The molecule has 0 amide bonds. The van der Waals surface area contributed by atoms with E-state index in [2.05, 4.69) is 5.32 Å². The molecule has 1 saturated heterocycles. The van der Waals surface area contributed by atoms with Gasteiger partial charge in [-0.3, -0.25) is 0 Å². The molecule has 1 unspecified atom stereocenters. The van der Waals surface area contributed by atoms with Crippen LogP contribution in [0.25, 0.3) is 0 Å². The number of halogens is 1. The summed E-state index contributed by atoms with van der Waals surface area (Å²) in [5.74, 6) is -0.352. The van der Waals surface area contributed by atoms with Crippen LogP contribution >= 0.6 is 0 Å². The summed E-state index contributed by atoms with van der Waals surface area (Å²) in [6.07, 6.45) is 1.99. The number of sulfone groups is 1. The molecule has 1 aromatic carbocycles. The predicted molar refractivity (Wildman–Crippen MR) is 59.7 cm³/mol. The van der Waals surface area contributed by atoms with E-state index in [1.165, 1.54) is 12.1 Å². The smallest absolute Gasteiger partial charge is 0.178 e. The molecule has 0 aliphatic carbocycles. The first-order valence-corrected chi connectivity index (χ1v) is 7.08. The zero-order valence-corrected chi connectivity index (χ0v) is 9.85. The van der Waals surface area contributed by atoms with Gasteiger partial charge in [-0.2, -0.15) is 0 Å². The van der Waals surface area contributed by atoms with Gasteiger partial charge in [-0.15, -0.1) is 0 Å². The molecular formula is C11H14FNO2S. The van der Waals surface area contributed by atoms with Gasteiger partial charge in [0.05, 0.1) is 0 Å². The summed E-state index contributed by atoms with van der Waals surface area (Å²) in [4.78, 5) is -0.220. The van der Waals surface area contributed by atoms with Gasteiger partial charge < -0.3 is 5.32 Å². The topological polar surface area (TPSA) is 46.2 Å². The lowest BCUT2D eigenvalue weighted by Crippen LogP contribution is -2.08. The zero-order valence-electron chi connectivity index (χ0n) is 9.03. The summed E-state index contributed by atoms with van der Waals surface area (Å²) in [6, 6.07) is 4.41. The third kappa shape index (κ3) is 2.25. The van der Waals surface area contributed by atoms with Crippen molar-refractivity contribution in [2.75, 3.05) is 19.3 Å². The maximum absolute atomic E-state index is 13.6. The lowest BCUT2D eigenvalue weighted by Gasteiger charge is -2.10. The Balaban J connectivity index is 2.36. The molecule has 1 N–H and O–H groups in total. The van der Waals surface area contributed by atoms with Crippen molar-refractivity contribution in [2.24, 2.45) is 0 Å². The maximum Gasteiger partial charge on any atom is 0.178 e. The van der Waals surface area contributed by atoms with E-state index in [9.17, 15) is 12.8 Å². The average molecular weight is 243 g/mol. The number of nitrogens with one attached hydrogen (secondary N) is 1.